The molecule has 2 aromatic heterocycles. The summed E-state index contributed by atoms with van der Waals surface area (Å²) in [4.78, 5) is 21.7. The summed E-state index contributed by atoms with van der Waals surface area (Å²) in [6.45, 7) is 4.16. The monoisotopic (exact) mass is 358 g/mol. The van der Waals surface area contributed by atoms with Gasteiger partial charge in [-0.15, -0.1) is 0 Å². The number of thioether (sulfide) groups is 1. The molecule has 0 bridgehead atoms. The Kier molecular flexibility index (Phi) is 4.46. The van der Waals surface area contributed by atoms with E-state index < -0.39 is 17.4 Å². The molecule has 0 aliphatic heterocycles. The first-order valence-corrected chi connectivity index (χ1v) is 8.61. The van der Waals surface area contributed by atoms with Crippen LogP contribution in [0.1, 0.15) is 55.9 Å². The Morgan fingerprint density at radius 1 is 1.42 bits per heavy atom. The third-order valence-electron chi connectivity index (χ3n) is 3.71. The lowest BCUT2D eigenvalue weighted by Crippen LogP contribution is -2.18. The largest absolute Gasteiger partial charge is 0.433 e. The van der Waals surface area contributed by atoms with Gasteiger partial charge in [-0.3, -0.25) is 4.79 Å². The molecule has 24 heavy (non-hydrogen) atoms. The van der Waals surface area contributed by atoms with Gasteiger partial charge in [0.25, 0.3) is 5.56 Å². The van der Waals surface area contributed by atoms with Crippen LogP contribution in [0.25, 0.3) is 0 Å². The lowest BCUT2D eigenvalue weighted by atomic mass is 10.1. The fraction of sp³-hybridized carbons (Fsp3) is 0.533. The summed E-state index contributed by atoms with van der Waals surface area (Å²) in [5, 5.41) is 0.751. The number of nitrogens with one attached hydrogen (secondary N) is 1. The minimum atomic E-state index is -4.63. The van der Waals surface area contributed by atoms with Crippen LogP contribution in [0.4, 0.5) is 13.2 Å². The maximum absolute atomic E-state index is 12.7. The zero-order valence-electron chi connectivity index (χ0n) is 13.2. The summed E-state index contributed by atoms with van der Waals surface area (Å²) < 4.78 is 40.4. The second-order valence-electron chi connectivity index (χ2n) is 6.09. The maximum Gasteiger partial charge on any atom is 0.433 e. The summed E-state index contributed by atoms with van der Waals surface area (Å²) in [5.41, 5.74) is -0.859. The molecule has 1 saturated carbocycles. The molecule has 0 unspecified atom stereocenters. The van der Waals surface area contributed by atoms with Crippen LogP contribution in [-0.2, 0) is 11.9 Å². The molecule has 5 nitrogen and oxygen atoms in total. The van der Waals surface area contributed by atoms with Crippen molar-refractivity contribution in [1.82, 2.24) is 19.5 Å². The zero-order chi connectivity index (χ0) is 17.5. The first kappa shape index (κ1) is 17.1. The van der Waals surface area contributed by atoms with E-state index in [0.29, 0.717) is 18.0 Å². The Balaban J connectivity index is 1.82. The van der Waals surface area contributed by atoms with Crippen LogP contribution in [0.15, 0.2) is 22.2 Å². The molecular formula is C15H17F3N4OS. The predicted molar refractivity (Wildman–Crippen MR) is 84.0 cm³/mol. The number of aromatic amines is 1. The highest BCUT2D eigenvalue weighted by Gasteiger charge is 2.33. The van der Waals surface area contributed by atoms with Crippen molar-refractivity contribution in [1.29, 1.82) is 0 Å². The molecule has 130 valence electrons. The van der Waals surface area contributed by atoms with Crippen molar-refractivity contribution in [2.75, 3.05) is 0 Å². The maximum atomic E-state index is 12.7. The molecular weight excluding hydrogens is 341 g/mol. The van der Waals surface area contributed by atoms with Gasteiger partial charge in [-0.2, -0.15) is 13.2 Å². The fourth-order valence-corrected chi connectivity index (χ4v) is 3.37. The molecule has 0 atom stereocenters. The number of H-pyrrole nitrogens is 1. The molecule has 2 aromatic rings. The van der Waals surface area contributed by atoms with E-state index in [4.69, 9.17) is 0 Å². The Hall–Kier alpha value is -1.77. The second kappa shape index (κ2) is 6.27. The van der Waals surface area contributed by atoms with Gasteiger partial charge >= 0.3 is 6.18 Å². The van der Waals surface area contributed by atoms with Gasteiger partial charge in [0.15, 0.2) is 10.9 Å². The molecule has 0 aromatic carbocycles. The molecule has 0 spiro atoms. The molecule has 1 N–H and O–H groups in total. The van der Waals surface area contributed by atoms with Crippen LogP contribution in [0, 0.1) is 0 Å². The van der Waals surface area contributed by atoms with Crippen molar-refractivity contribution < 1.29 is 13.2 Å². The van der Waals surface area contributed by atoms with Crippen LogP contribution >= 0.6 is 11.8 Å². The summed E-state index contributed by atoms with van der Waals surface area (Å²) in [5.74, 6) is 0.440. The van der Waals surface area contributed by atoms with Crippen LogP contribution in [0.3, 0.4) is 0 Å². The number of rotatable bonds is 5. The van der Waals surface area contributed by atoms with Gasteiger partial charge in [0.05, 0.1) is 5.75 Å². The van der Waals surface area contributed by atoms with E-state index in [1.54, 1.807) is 0 Å². The molecule has 1 aliphatic rings. The first-order valence-electron chi connectivity index (χ1n) is 7.63. The predicted octanol–water partition coefficient (Wildman–Crippen LogP) is 3.74. The number of nitrogens with zero attached hydrogens (tertiary/aromatic N) is 3. The van der Waals surface area contributed by atoms with Crippen LogP contribution in [0.2, 0.25) is 0 Å². The van der Waals surface area contributed by atoms with E-state index in [1.807, 2.05) is 6.20 Å². The minimum Gasteiger partial charge on any atom is -0.320 e. The van der Waals surface area contributed by atoms with E-state index in [9.17, 15) is 18.0 Å². The summed E-state index contributed by atoms with van der Waals surface area (Å²) >= 11 is 1.29. The van der Waals surface area contributed by atoms with Gasteiger partial charge in [-0.1, -0.05) is 25.6 Å². The Bertz CT molecular complexity index is 793. The highest BCUT2D eigenvalue weighted by molar-refractivity contribution is 7.98. The average Bonchev–Trinajstić information content (AvgIpc) is 3.23. The SMILES string of the molecule is CC(C)c1cnc(SCc2nc(C(F)(F)F)cc(=O)[nH]2)n1C1CC1. The van der Waals surface area contributed by atoms with E-state index in [2.05, 4.69) is 33.4 Å². The molecule has 0 radical (unpaired) electrons. The Labute approximate surface area is 140 Å². The normalized spacial score (nSPS) is 15.2. The van der Waals surface area contributed by atoms with Gasteiger partial charge in [0.1, 0.15) is 5.82 Å². The number of imidazole rings is 1. The van der Waals surface area contributed by atoms with Gasteiger partial charge < -0.3 is 9.55 Å². The van der Waals surface area contributed by atoms with Crippen molar-refractivity contribution in [2.45, 2.75) is 55.7 Å². The Morgan fingerprint density at radius 2 is 2.12 bits per heavy atom. The molecule has 3 rings (SSSR count). The first-order chi connectivity index (χ1) is 11.3. The molecule has 0 amide bonds. The third-order valence-corrected chi connectivity index (χ3v) is 4.69. The number of hydrogen-bond acceptors (Lipinski definition) is 4. The van der Waals surface area contributed by atoms with Crippen LogP contribution < -0.4 is 5.56 Å². The number of aromatic nitrogens is 4. The minimum absolute atomic E-state index is 0.00345. The van der Waals surface area contributed by atoms with Crippen molar-refractivity contribution in [2.24, 2.45) is 0 Å². The van der Waals surface area contributed by atoms with Gasteiger partial charge in [0.2, 0.25) is 0 Å². The topological polar surface area (TPSA) is 63.6 Å². The molecule has 9 heteroatoms. The zero-order valence-corrected chi connectivity index (χ0v) is 14.0. The van der Waals surface area contributed by atoms with E-state index in [-0.39, 0.29) is 11.6 Å². The fourth-order valence-electron chi connectivity index (χ4n) is 2.44. The van der Waals surface area contributed by atoms with Gasteiger partial charge in [0, 0.05) is 24.0 Å². The van der Waals surface area contributed by atoms with Crippen molar-refractivity contribution in [3.63, 3.8) is 0 Å². The van der Waals surface area contributed by atoms with E-state index in [1.165, 1.54) is 11.8 Å². The van der Waals surface area contributed by atoms with Gasteiger partial charge in [-0.25, -0.2) is 9.97 Å². The van der Waals surface area contributed by atoms with Crippen molar-refractivity contribution in [3.8, 4) is 0 Å². The van der Waals surface area contributed by atoms with E-state index in [0.717, 1.165) is 23.7 Å². The molecule has 0 saturated heterocycles. The number of halogens is 3. The lowest BCUT2D eigenvalue weighted by molar-refractivity contribution is -0.141. The summed E-state index contributed by atoms with van der Waals surface area (Å²) in [7, 11) is 0. The van der Waals surface area contributed by atoms with Crippen molar-refractivity contribution in [3.05, 3.63) is 39.8 Å². The van der Waals surface area contributed by atoms with Crippen molar-refractivity contribution >= 4 is 11.8 Å². The smallest absolute Gasteiger partial charge is 0.320 e. The number of hydrogen-bond donors (Lipinski definition) is 1. The standard InChI is InChI=1S/C15H17F3N4OS/c1-8(2)10-6-19-14(22(10)9-3-4-9)24-7-12-20-11(15(16,17)18)5-13(23)21-12/h5-6,8-9H,3-4,7H2,1-2H3,(H,20,21,23). The average molecular weight is 358 g/mol. The van der Waals surface area contributed by atoms with Gasteiger partial charge in [-0.05, 0) is 18.8 Å². The van der Waals surface area contributed by atoms with E-state index >= 15 is 0 Å². The summed E-state index contributed by atoms with van der Waals surface area (Å²) in [6.07, 6.45) is -0.650. The lowest BCUT2D eigenvalue weighted by Gasteiger charge is -2.13. The highest BCUT2D eigenvalue weighted by atomic mass is 32.2. The molecule has 1 fully saturated rings. The van der Waals surface area contributed by atoms with Crippen LogP contribution in [-0.4, -0.2) is 19.5 Å². The quantitative estimate of drug-likeness (QED) is 0.827. The summed E-state index contributed by atoms with van der Waals surface area (Å²) in [6, 6.07) is 0.886. The third kappa shape index (κ3) is 3.66. The van der Waals surface area contributed by atoms with Crippen LogP contribution in [0.5, 0.6) is 0 Å². The molecule has 2 heterocycles. The highest BCUT2D eigenvalue weighted by Crippen LogP contribution is 2.41. The molecule has 1 aliphatic carbocycles. The Morgan fingerprint density at radius 3 is 2.71 bits per heavy atom. The number of alkyl halides is 3. The second-order valence-corrected chi connectivity index (χ2v) is 7.03.